The second-order valence-electron chi connectivity index (χ2n) is 6.28. The van der Waals surface area contributed by atoms with Gasteiger partial charge >= 0.3 is 12.0 Å². The highest BCUT2D eigenvalue weighted by molar-refractivity contribution is 6.39. The van der Waals surface area contributed by atoms with E-state index >= 15 is 0 Å². The van der Waals surface area contributed by atoms with Crippen molar-refractivity contribution in [2.75, 3.05) is 13.2 Å². The molecule has 31 heavy (non-hydrogen) atoms. The van der Waals surface area contributed by atoms with E-state index in [2.05, 4.69) is 10.3 Å². The molecule has 0 radical (unpaired) electrons. The maximum atomic E-state index is 11.9. The molecule has 9 nitrogen and oxygen atoms in total. The molecule has 3 aromatic rings. The van der Waals surface area contributed by atoms with Crippen molar-refractivity contribution in [3.63, 3.8) is 0 Å². The number of carbonyl (C=O) groups is 3. The first-order valence-electron chi connectivity index (χ1n) is 8.97. The Morgan fingerprint density at radius 1 is 1.13 bits per heavy atom. The monoisotopic (exact) mass is 465 g/mol. The van der Waals surface area contributed by atoms with E-state index in [0.29, 0.717) is 27.4 Å². The van der Waals surface area contributed by atoms with Gasteiger partial charge in [-0.15, -0.1) is 0 Å². The van der Waals surface area contributed by atoms with Gasteiger partial charge in [0.15, 0.2) is 19.0 Å². The molecular weight excluding hydrogens is 449 g/mol. The van der Waals surface area contributed by atoms with Crippen molar-refractivity contribution in [1.82, 2.24) is 15.6 Å². The summed E-state index contributed by atoms with van der Waals surface area (Å²) in [7, 11) is 0. The highest BCUT2D eigenvalue weighted by atomic mass is 35.5. The van der Waals surface area contributed by atoms with Crippen molar-refractivity contribution in [1.29, 1.82) is 0 Å². The third-order valence-electron chi connectivity index (χ3n) is 3.93. The molecule has 0 fully saturated rings. The van der Waals surface area contributed by atoms with Crippen LogP contribution in [0.25, 0.3) is 10.9 Å². The van der Waals surface area contributed by atoms with Crippen LogP contribution in [0.1, 0.15) is 11.5 Å². The van der Waals surface area contributed by atoms with Gasteiger partial charge in [-0.3, -0.25) is 10.1 Å². The fourth-order valence-electron chi connectivity index (χ4n) is 2.53. The van der Waals surface area contributed by atoms with Gasteiger partial charge < -0.3 is 19.2 Å². The number of nitrogens with zero attached hydrogens (tertiary/aromatic N) is 1. The number of fused-ring (bicyclic) bond motifs is 1. The van der Waals surface area contributed by atoms with E-state index < -0.39 is 31.1 Å². The molecule has 0 bridgehead atoms. The Balaban J connectivity index is 1.48. The molecule has 1 aromatic carbocycles. The fourth-order valence-corrected chi connectivity index (χ4v) is 3.10. The number of furan rings is 1. The van der Waals surface area contributed by atoms with E-state index in [1.807, 2.05) is 5.32 Å². The van der Waals surface area contributed by atoms with Gasteiger partial charge in [0.05, 0.1) is 22.9 Å². The van der Waals surface area contributed by atoms with E-state index in [1.165, 1.54) is 12.3 Å². The highest BCUT2D eigenvalue weighted by Gasteiger charge is 2.16. The summed E-state index contributed by atoms with van der Waals surface area (Å²) in [5.74, 6) is -0.955. The van der Waals surface area contributed by atoms with Crippen LogP contribution in [0, 0.1) is 6.92 Å². The zero-order valence-corrected chi connectivity index (χ0v) is 17.7. The van der Waals surface area contributed by atoms with Crippen LogP contribution >= 0.6 is 23.2 Å². The van der Waals surface area contributed by atoms with Gasteiger partial charge in [-0.05, 0) is 37.3 Å². The molecule has 0 spiro atoms. The first kappa shape index (κ1) is 22.4. The molecule has 2 N–H and O–H groups in total. The van der Waals surface area contributed by atoms with Gasteiger partial charge in [0.1, 0.15) is 11.3 Å². The summed E-state index contributed by atoms with van der Waals surface area (Å²) in [5.41, 5.74) is 1.11. The first-order chi connectivity index (χ1) is 14.8. The topological polar surface area (TPSA) is 120 Å². The van der Waals surface area contributed by atoms with E-state index in [1.54, 1.807) is 31.2 Å². The number of carbonyl (C=O) groups excluding carboxylic acids is 3. The number of ether oxygens (including phenoxy) is 2. The zero-order valence-electron chi connectivity index (χ0n) is 16.2. The minimum atomic E-state index is -0.835. The number of pyridine rings is 1. The number of nitrogens with one attached hydrogen (secondary N) is 2. The quantitative estimate of drug-likeness (QED) is 0.513. The molecule has 0 aliphatic heterocycles. The van der Waals surface area contributed by atoms with Crippen molar-refractivity contribution >= 4 is 52.0 Å². The van der Waals surface area contributed by atoms with Gasteiger partial charge in [0.2, 0.25) is 0 Å². The van der Waals surface area contributed by atoms with Crippen LogP contribution in [-0.4, -0.2) is 36.1 Å². The molecule has 0 unspecified atom stereocenters. The third kappa shape index (κ3) is 6.09. The molecule has 2 heterocycles. The number of amides is 3. The summed E-state index contributed by atoms with van der Waals surface area (Å²) >= 11 is 12.4. The lowest BCUT2D eigenvalue weighted by Gasteiger charge is -2.12. The van der Waals surface area contributed by atoms with E-state index in [9.17, 15) is 14.4 Å². The zero-order chi connectivity index (χ0) is 22.4. The van der Waals surface area contributed by atoms with Gasteiger partial charge in [-0.2, -0.15) is 0 Å². The maximum Gasteiger partial charge on any atom is 0.344 e. The van der Waals surface area contributed by atoms with Crippen LogP contribution in [0.2, 0.25) is 10.0 Å². The summed E-state index contributed by atoms with van der Waals surface area (Å²) in [5, 5.41) is 5.62. The highest BCUT2D eigenvalue weighted by Crippen LogP contribution is 2.37. The lowest BCUT2D eigenvalue weighted by atomic mass is 10.2. The number of aryl methyl sites for hydroxylation is 1. The van der Waals surface area contributed by atoms with E-state index in [-0.39, 0.29) is 17.3 Å². The molecule has 3 rings (SSSR count). The number of esters is 1. The predicted octanol–water partition coefficient (Wildman–Crippen LogP) is 3.39. The first-order valence-corrected chi connectivity index (χ1v) is 9.73. The van der Waals surface area contributed by atoms with Crippen LogP contribution in [0.3, 0.4) is 0 Å². The Labute approximate surface area is 186 Å². The van der Waals surface area contributed by atoms with Crippen molar-refractivity contribution in [3.05, 3.63) is 58.1 Å². The van der Waals surface area contributed by atoms with E-state index in [4.69, 9.17) is 37.1 Å². The van der Waals surface area contributed by atoms with Crippen LogP contribution in [0.4, 0.5) is 4.79 Å². The summed E-state index contributed by atoms with van der Waals surface area (Å²) in [6.07, 6.45) is 1.46. The van der Waals surface area contributed by atoms with E-state index in [0.717, 1.165) is 0 Å². The largest absolute Gasteiger partial charge is 0.478 e. The lowest BCUT2D eigenvalue weighted by Crippen LogP contribution is -2.41. The van der Waals surface area contributed by atoms with Gasteiger partial charge in [0.25, 0.3) is 5.91 Å². The Bertz CT molecular complexity index is 1120. The molecule has 0 saturated carbocycles. The van der Waals surface area contributed by atoms with Crippen molar-refractivity contribution < 1.29 is 28.3 Å². The molecule has 0 atom stereocenters. The van der Waals surface area contributed by atoms with Crippen molar-refractivity contribution in [2.24, 2.45) is 0 Å². The number of halogens is 2. The molecule has 162 valence electrons. The van der Waals surface area contributed by atoms with Gasteiger partial charge in [0, 0.05) is 11.1 Å². The Morgan fingerprint density at radius 3 is 2.68 bits per heavy atom. The normalized spacial score (nSPS) is 10.5. The molecule has 11 heteroatoms. The van der Waals surface area contributed by atoms with Crippen LogP contribution < -0.4 is 15.4 Å². The molecular formula is C20H17Cl2N3O6. The number of benzene rings is 1. The SMILES string of the molecule is Cc1ccc2c(Cl)cc(Cl)c(OCC(=O)OCC(=O)NC(=O)NCc3ccco3)c2n1. The lowest BCUT2D eigenvalue weighted by molar-refractivity contribution is -0.150. The Kier molecular flexibility index (Phi) is 7.32. The molecule has 2 aromatic heterocycles. The molecule has 0 aliphatic carbocycles. The van der Waals surface area contributed by atoms with Crippen LogP contribution in [-0.2, 0) is 20.9 Å². The number of imide groups is 1. The van der Waals surface area contributed by atoms with Gasteiger partial charge in [-0.25, -0.2) is 14.6 Å². The van der Waals surface area contributed by atoms with Crippen LogP contribution in [0.5, 0.6) is 5.75 Å². The smallest absolute Gasteiger partial charge is 0.344 e. The summed E-state index contributed by atoms with van der Waals surface area (Å²) in [6, 6.07) is 7.61. The summed E-state index contributed by atoms with van der Waals surface area (Å²) < 4.78 is 15.3. The number of urea groups is 1. The molecule has 3 amide bonds. The Morgan fingerprint density at radius 2 is 1.94 bits per heavy atom. The average molecular weight is 466 g/mol. The Hall–Kier alpha value is -3.30. The number of hydrogen-bond donors (Lipinski definition) is 2. The number of rotatable bonds is 7. The maximum absolute atomic E-state index is 11.9. The fraction of sp³-hybridized carbons (Fsp3) is 0.200. The summed E-state index contributed by atoms with van der Waals surface area (Å²) in [6.45, 7) is 0.700. The minimum Gasteiger partial charge on any atom is -0.478 e. The standard InChI is InChI=1S/C20H17Cl2N3O6/c1-11-4-5-13-14(21)7-15(22)19(18(13)24-11)31-10-17(27)30-9-16(26)25-20(28)23-8-12-3-2-6-29-12/h2-7H,8-10H2,1H3,(H2,23,25,26,28). The summed E-state index contributed by atoms with van der Waals surface area (Å²) in [4.78, 5) is 39.7. The predicted molar refractivity (Wildman–Crippen MR) is 112 cm³/mol. The number of aromatic nitrogens is 1. The van der Waals surface area contributed by atoms with Gasteiger partial charge in [-0.1, -0.05) is 23.2 Å². The average Bonchev–Trinajstić information content (AvgIpc) is 3.24. The second kappa shape index (κ2) is 10.1. The van der Waals surface area contributed by atoms with Crippen molar-refractivity contribution in [3.8, 4) is 5.75 Å². The second-order valence-corrected chi connectivity index (χ2v) is 7.09. The molecule has 0 saturated heterocycles. The van der Waals surface area contributed by atoms with Crippen LogP contribution in [0.15, 0.2) is 41.0 Å². The third-order valence-corrected chi connectivity index (χ3v) is 4.53. The molecule has 0 aliphatic rings. The number of hydrogen-bond acceptors (Lipinski definition) is 7. The minimum absolute atomic E-state index is 0.100. The van der Waals surface area contributed by atoms with Crippen molar-refractivity contribution in [2.45, 2.75) is 13.5 Å².